The first kappa shape index (κ1) is 19.4. The van der Waals surface area contributed by atoms with Crippen LogP contribution < -0.4 is 0 Å². The molecule has 5 nitrogen and oxygen atoms in total. The Labute approximate surface area is 169 Å². The van der Waals surface area contributed by atoms with Crippen molar-refractivity contribution in [2.45, 2.75) is 11.8 Å². The van der Waals surface area contributed by atoms with E-state index in [1.807, 2.05) is 48.5 Å². The zero-order valence-electron chi connectivity index (χ0n) is 14.6. The quantitative estimate of drug-likeness (QED) is 0.272. The first-order valence-electron chi connectivity index (χ1n) is 8.29. The molecule has 1 N–H and O–H groups in total. The van der Waals surface area contributed by atoms with Crippen molar-refractivity contribution in [3.8, 4) is 5.75 Å². The van der Waals surface area contributed by atoms with Crippen LogP contribution >= 0.6 is 27.7 Å². The summed E-state index contributed by atoms with van der Waals surface area (Å²) < 4.78 is 5.94. The maximum atomic E-state index is 11.7. The Morgan fingerprint density at radius 3 is 2.52 bits per heavy atom. The van der Waals surface area contributed by atoms with Crippen LogP contribution in [-0.2, 0) is 9.53 Å². The predicted molar refractivity (Wildman–Crippen MR) is 111 cm³/mol. The molecule has 0 amide bonds. The van der Waals surface area contributed by atoms with Crippen molar-refractivity contribution in [2.75, 3.05) is 12.4 Å². The number of phenols is 1. The number of carbonyl (C=O) groups is 1. The molecule has 0 unspecified atom stereocenters. The second kappa shape index (κ2) is 9.01. The summed E-state index contributed by atoms with van der Waals surface area (Å²) in [5.74, 6) is -0.0441. The van der Waals surface area contributed by atoms with Crippen LogP contribution in [0.3, 0.4) is 0 Å². The lowest BCUT2D eigenvalue weighted by Crippen LogP contribution is -2.06. The van der Waals surface area contributed by atoms with Gasteiger partial charge in [-0.2, -0.15) is 5.11 Å². The summed E-state index contributed by atoms with van der Waals surface area (Å²) in [6.45, 7) is 2.10. The van der Waals surface area contributed by atoms with E-state index < -0.39 is 0 Å². The van der Waals surface area contributed by atoms with Gasteiger partial charge in [0.2, 0.25) is 0 Å². The second-order valence-electron chi connectivity index (χ2n) is 5.56. The van der Waals surface area contributed by atoms with Crippen molar-refractivity contribution < 1.29 is 14.6 Å². The van der Waals surface area contributed by atoms with E-state index >= 15 is 0 Å². The van der Waals surface area contributed by atoms with Gasteiger partial charge >= 0.3 is 5.97 Å². The lowest BCUT2D eigenvalue weighted by molar-refractivity contribution is -0.139. The highest BCUT2D eigenvalue weighted by molar-refractivity contribution is 9.10. The zero-order valence-corrected chi connectivity index (χ0v) is 17.0. The van der Waals surface area contributed by atoms with Crippen LogP contribution in [0.5, 0.6) is 5.75 Å². The molecule has 0 bridgehead atoms. The van der Waals surface area contributed by atoms with Gasteiger partial charge in [-0.25, -0.2) is 0 Å². The summed E-state index contributed by atoms with van der Waals surface area (Å²) in [6.07, 6.45) is 0. The Hall–Kier alpha value is -2.38. The van der Waals surface area contributed by atoms with Crippen LogP contribution in [0.1, 0.15) is 6.92 Å². The Kier molecular flexibility index (Phi) is 6.47. The van der Waals surface area contributed by atoms with Crippen molar-refractivity contribution >= 4 is 55.8 Å². The molecule has 7 heteroatoms. The monoisotopic (exact) mass is 444 g/mol. The molecule has 0 spiro atoms. The SMILES string of the molecule is CCOC(=O)CSc1cc(O)c2ccccc2c1N=Nc1ccc(Br)cc1. The van der Waals surface area contributed by atoms with E-state index in [4.69, 9.17) is 4.74 Å². The fourth-order valence-electron chi connectivity index (χ4n) is 2.48. The van der Waals surface area contributed by atoms with Gasteiger partial charge in [-0.3, -0.25) is 4.79 Å². The van der Waals surface area contributed by atoms with E-state index in [1.165, 1.54) is 11.8 Å². The highest BCUT2D eigenvalue weighted by Crippen LogP contribution is 2.42. The Morgan fingerprint density at radius 1 is 1.11 bits per heavy atom. The largest absolute Gasteiger partial charge is 0.507 e. The van der Waals surface area contributed by atoms with Crippen molar-refractivity contribution in [2.24, 2.45) is 10.2 Å². The third kappa shape index (κ3) is 4.87. The molecule has 0 aliphatic carbocycles. The van der Waals surface area contributed by atoms with Gasteiger partial charge in [-0.1, -0.05) is 40.2 Å². The summed E-state index contributed by atoms with van der Waals surface area (Å²) in [5.41, 5.74) is 1.32. The molecule has 138 valence electrons. The van der Waals surface area contributed by atoms with E-state index in [0.29, 0.717) is 28.3 Å². The van der Waals surface area contributed by atoms with Gasteiger partial charge in [0.15, 0.2) is 0 Å². The topological polar surface area (TPSA) is 71.2 Å². The molecule has 3 rings (SSSR count). The van der Waals surface area contributed by atoms with Crippen molar-refractivity contribution in [3.05, 3.63) is 59.1 Å². The van der Waals surface area contributed by atoms with E-state index in [0.717, 1.165) is 9.86 Å². The van der Waals surface area contributed by atoms with E-state index in [9.17, 15) is 9.90 Å². The maximum absolute atomic E-state index is 11.7. The summed E-state index contributed by atoms with van der Waals surface area (Å²) in [6, 6.07) is 16.5. The van der Waals surface area contributed by atoms with Crippen LogP contribution in [0.2, 0.25) is 0 Å². The van der Waals surface area contributed by atoms with Gasteiger partial charge < -0.3 is 9.84 Å². The average Bonchev–Trinajstić information content (AvgIpc) is 2.67. The number of halogens is 1. The molecule has 0 radical (unpaired) electrons. The third-order valence-electron chi connectivity index (χ3n) is 3.70. The highest BCUT2D eigenvalue weighted by Gasteiger charge is 2.14. The number of benzene rings is 3. The van der Waals surface area contributed by atoms with Crippen LogP contribution in [0.4, 0.5) is 11.4 Å². The van der Waals surface area contributed by atoms with Gasteiger partial charge in [0.1, 0.15) is 11.4 Å². The fourth-order valence-corrected chi connectivity index (χ4v) is 3.59. The molecule has 0 saturated heterocycles. The number of hydrogen-bond donors (Lipinski definition) is 1. The molecule has 0 heterocycles. The highest BCUT2D eigenvalue weighted by atomic mass is 79.9. The summed E-state index contributed by atoms with van der Waals surface area (Å²) in [7, 11) is 0. The average molecular weight is 445 g/mol. The number of rotatable bonds is 6. The van der Waals surface area contributed by atoms with Gasteiger partial charge in [0.25, 0.3) is 0 Å². The number of thioether (sulfide) groups is 1. The number of ether oxygens (including phenoxy) is 1. The molecule has 0 fully saturated rings. The number of hydrogen-bond acceptors (Lipinski definition) is 6. The molecule has 3 aromatic rings. The van der Waals surface area contributed by atoms with Crippen LogP contribution in [0, 0.1) is 0 Å². The summed E-state index contributed by atoms with van der Waals surface area (Å²) >= 11 is 4.66. The number of phenolic OH excluding ortho intramolecular Hbond substituents is 1. The first-order chi connectivity index (χ1) is 13.1. The molecule has 3 aromatic carbocycles. The maximum Gasteiger partial charge on any atom is 0.316 e. The lowest BCUT2D eigenvalue weighted by Gasteiger charge is -2.10. The minimum Gasteiger partial charge on any atom is -0.507 e. The van der Waals surface area contributed by atoms with Crippen molar-refractivity contribution in [1.29, 1.82) is 0 Å². The molecule has 0 atom stereocenters. The van der Waals surface area contributed by atoms with E-state index in [1.54, 1.807) is 13.0 Å². The van der Waals surface area contributed by atoms with Gasteiger partial charge in [-0.05, 0) is 37.3 Å². The minimum absolute atomic E-state index is 0.131. The van der Waals surface area contributed by atoms with Crippen molar-refractivity contribution in [1.82, 2.24) is 0 Å². The summed E-state index contributed by atoms with van der Waals surface area (Å²) in [4.78, 5) is 12.4. The number of nitrogens with zero attached hydrogens (tertiary/aromatic N) is 2. The smallest absolute Gasteiger partial charge is 0.316 e. The van der Waals surface area contributed by atoms with Crippen LogP contribution in [-0.4, -0.2) is 23.4 Å². The number of azo groups is 1. The molecule has 0 saturated carbocycles. The Bertz CT molecular complexity index is 990. The standard InChI is InChI=1S/C20H17BrN2O3S/c1-2-26-19(25)12-27-18-11-17(24)15-5-3-4-6-16(15)20(18)23-22-14-9-7-13(21)8-10-14/h3-11,24H,2,12H2,1H3. The number of fused-ring (bicyclic) bond motifs is 1. The van der Waals surface area contributed by atoms with Gasteiger partial charge in [-0.15, -0.1) is 16.9 Å². The molecule has 0 aliphatic heterocycles. The van der Waals surface area contributed by atoms with Crippen LogP contribution in [0.15, 0.2) is 74.2 Å². The van der Waals surface area contributed by atoms with Gasteiger partial charge in [0.05, 0.1) is 18.0 Å². The Balaban J connectivity index is 2.01. The minimum atomic E-state index is -0.314. The zero-order chi connectivity index (χ0) is 19.2. The molecular formula is C20H17BrN2O3S. The van der Waals surface area contributed by atoms with Crippen molar-refractivity contribution in [3.63, 3.8) is 0 Å². The molecular weight excluding hydrogens is 428 g/mol. The molecule has 0 aromatic heterocycles. The molecule has 27 heavy (non-hydrogen) atoms. The number of aromatic hydroxyl groups is 1. The third-order valence-corrected chi connectivity index (χ3v) is 5.23. The normalized spacial score (nSPS) is 11.2. The second-order valence-corrected chi connectivity index (χ2v) is 7.49. The van der Waals surface area contributed by atoms with Crippen LogP contribution in [0.25, 0.3) is 10.8 Å². The van der Waals surface area contributed by atoms with Gasteiger partial charge in [0, 0.05) is 20.1 Å². The summed E-state index contributed by atoms with van der Waals surface area (Å²) in [5, 5.41) is 20.5. The number of carbonyl (C=O) groups excluding carboxylic acids is 1. The fraction of sp³-hybridized carbons (Fsp3) is 0.150. The van der Waals surface area contributed by atoms with E-state index in [-0.39, 0.29) is 17.5 Å². The molecule has 0 aliphatic rings. The van der Waals surface area contributed by atoms with E-state index in [2.05, 4.69) is 26.2 Å². The predicted octanol–water partition coefficient (Wildman–Crippen LogP) is 6.38. The number of esters is 1. The first-order valence-corrected chi connectivity index (χ1v) is 10.1. The lowest BCUT2D eigenvalue weighted by atomic mass is 10.1. The Morgan fingerprint density at radius 2 is 1.81 bits per heavy atom.